The molecule has 1 aliphatic rings. The van der Waals surface area contributed by atoms with E-state index in [0.717, 1.165) is 37.6 Å². The first kappa shape index (κ1) is 16.0. The summed E-state index contributed by atoms with van der Waals surface area (Å²) in [5.74, 6) is 2.44. The van der Waals surface area contributed by atoms with Crippen molar-refractivity contribution in [3.8, 4) is 0 Å². The minimum absolute atomic E-state index is 0.657. The molecule has 1 fully saturated rings. The maximum Gasteiger partial charge on any atom is 0.0488 e. The molecule has 2 nitrogen and oxygen atoms in total. The third-order valence-electron chi connectivity index (χ3n) is 4.22. The average Bonchev–Trinajstić information content (AvgIpc) is 2.36. The zero-order valence-corrected chi connectivity index (χ0v) is 12.9. The average molecular weight is 255 g/mol. The van der Waals surface area contributed by atoms with Crippen LogP contribution in [0.4, 0.5) is 0 Å². The minimum atomic E-state index is 0.657. The zero-order chi connectivity index (χ0) is 13.4. The van der Waals surface area contributed by atoms with Crippen LogP contribution in [0, 0.1) is 17.8 Å². The van der Waals surface area contributed by atoms with Gasteiger partial charge in [-0.25, -0.2) is 0 Å². The number of nitrogens with one attached hydrogen (secondary N) is 1. The molecule has 0 radical (unpaired) electrons. The smallest absolute Gasteiger partial charge is 0.0488 e. The van der Waals surface area contributed by atoms with Crippen LogP contribution in [0.1, 0.15) is 59.8 Å². The summed E-state index contributed by atoms with van der Waals surface area (Å²) in [7, 11) is 0. The van der Waals surface area contributed by atoms with Crippen LogP contribution in [0.3, 0.4) is 0 Å². The van der Waals surface area contributed by atoms with E-state index in [1.54, 1.807) is 0 Å². The Morgan fingerprint density at radius 3 is 2.61 bits per heavy atom. The van der Waals surface area contributed by atoms with Crippen LogP contribution in [0.5, 0.6) is 0 Å². The van der Waals surface area contributed by atoms with E-state index in [9.17, 15) is 0 Å². The van der Waals surface area contributed by atoms with Gasteiger partial charge in [-0.2, -0.15) is 0 Å². The van der Waals surface area contributed by atoms with E-state index < -0.39 is 0 Å². The Hall–Kier alpha value is -0.0800. The van der Waals surface area contributed by atoms with E-state index in [-0.39, 0.29) is 0 Å². The van der Waals surface area contributed by atoms with Crippen LogP contribution in [-0.2, 0) is 4.74 Å². The highest BCUT2D eigenvalue weighted by atomic mass is 16.5. The Morgan fingerprint density at radius 2 is 2.00 bits per heavy atom. The van der Waals surface area contributed by atoms with Gasteiger partial charge in [-0.05, 0) is 50.0 Å². The highest BCUT2D eigenvalue weighted by Gasteiger charge is 2.28. The van der Waals surface area contributed by atoms with Crippen molar-refractivity contribution in [2.24, 2.45) is 17.8 Å². The first-order chi connectivity index (χ1) is 8.67. The van der Waals surface area contributed by atoms with Gasteiger partial charge < -0.3 is 10.1 Å². The third kappa shape index (κ3) is 5.71. The predicted octanol–water partition coefficient (Wildman–Crippen LogP) is 3.85. The van der Waals surface area contributed by atoms with Gasteiger partial charge in [0.25, 0.3) is 0 Å². The summed E-state index contributed by atoms with van der Waals surface area (Å²) in [4.78, 5) is 0. The van der Waals surface area contributed by atoms with Gasteiger partial charge >= 0.3 is 0 Å². The van der Waals surface area contributed by atoms with Gasteiger partial charge in [0, 0.05) is 19.3 Å². The second-order valence-corrected chi connectivity index (χ2v) is 6.27. The summed E-state index contributed by atoms with van der Waals surface area (Å²) >= 11 is 0. The van der Waals surface area contributed by atoms with Gasteiger partial charge in [-0.3, -0.25) is 0 Å². The van der Waals surface area contributed by atoms with Crippen LogP contribution >= 0.6 is 0 Å². The van der Waals surface area contributed by atoms with Crippen molar-refractivity contribution in [3.05, 3.63) is 0 Å². The van der Waals surface area contributed by atoms with Gasteiger partial charge in [0.15, 0.2) is 0 Å². The van der Waals surface area contributed by atoms with E-state index in [1.807, 2.05) is 0 Å². The molecule has 2 heteroatoms. The maximum absolute atomic E-state index is 5.77. The molecule has 0 aliphatic heterocycles. The molecule has 1 N–H and O–H groups in total. The number of hydrogen-bond acceptors (Lipinski definition) is 2. The highest BCUT2D eigenvalue weighted by Crippen LogP contribution is 2.33. The predicted molar refractivity (Wildman–Crippen MR) is 78.9 cm³/mol. The quantitative estimate of drug-likeness (QED) is 0.665. The normalized spacial score (nSPS) is 28.8. The van der Waals surface area contributed by atoms with E-state index in [4.69, 9.17) is 4.74 Å². The Bertz CT molecular complexity index is 205. The van der Waals surface area contributed by atoms with Gasteiger partial charge in [0.2, 0.25) is 0 Å². The first-order valence-electron chi connectivity index (χ1n) is 7.98. The molecule has 18 heavy (non-hydrogen) atoms. The van der Waals surface area contributed by atoms with E-state index in [1.165, 1.54) is 32.1 Å². The Balaban J connectivity index is 2.31. The molecule has 0 amide bonds. The molecule has 108 valence electrons. The van der Waals surface area contributed by atoms with Crippen molar-refractivity contribution < 1.29 is 4.74 Å². The number of hydrogen-bond donors (Lipinski definition) is 1. The lowest BCUT2D eigenvalue weighted by atomic mass is 9.75. The lowest BCUT2D eigenvalue weighted by molar-refractivity contribution is 0.0800. The Kier molecular flexibility index (Phi) is 7.92. The molecule has 3 unspecified atom stereocenters. The summed E-state index contributed by atoms with van der Waals surface area (Å²) in [5, 5.41) is 3.67. The topological polar surface area (TPSA) is 21.3 Å². The molecule has 0 heterocycles. The SMILES string of the molecule is CCNC1CCC(CC)CC1CCOCC(C)C. The third-order valence-corrected chi connectivity index (χ3v) is 4.22. The molecule has 0 aromatic heterocycles. The lowest BCUT2D eigenvalue weighted by Crippen LogP contribution is -2.41. The lowest BCUT2D eigenvalue weighted by Gasteiger charge is -2.36. The number of rotatable bonds is 8. The molecule has 0 aromatic rings. The standard InChI is InChI=1S/C16H33NO/c1-5-14-7-8-16(17-6-2)15(11-14)9-10-18-12-13(3)4/h13-17H,5-12H2,1-4H3. The molecule has 0 aromatic carbocycles. The van der Waals surface area contributed by atoms with Crippen LogP contribution in [0.15, 0.2) is 0 Å². The van der Waals surface area contributed by atoms with E-state index in [2.05, 4.69) is 33.0 Å². The summed E-state index contributed by atoms with van der Waals surface area (Å²) < 4.78 is 5.77. The van der Waals surface area contributed by atoms with Crippen LogP contribution in [0.25, 0.3) is 0 Å². The molecular weight excluding hydrogens is 222 g/mol. The van der Waals surface area contributed by atoms with Crippen molar-refractivity contribution in [3.63, 3.8) is 0 Å². The molecule has 1 saturated carbocycles. The maximum atomic E-state index is 5.77. The molecule has 1 rings (SSSR count). The van der Waals surface area contributed by atoms with Crippen LogP contribution < -0.4 is 5.32 Å². The molecule has 0 spiro atoms. The minimum Gasteiger partial charge on any atom is -0.381 e. The Labute approximate surface area is 114 Å². The van der Waals surface area contributed by atoms with Crippen LogP contribution in [0.2, 0.25) is 0 Å². The molecule has 0 bridgehead atoms. The molecule has 0 saturated heterocycles. The summed E-state index contributed by atoms with van der Waals surface area (Å²) in [6.45, 7) is 12.0. The van der Waals surface area contributed by atoms with Crippen molar-refractivity contribution in [2.75, 3.05) is 19.8 Å². The van der Waals surface area contributed by atoms with Gasteiger partial charge in [-0.15, -0.1) is 0 Å². The van der Waals surface area contributed by atoms with Crippen molar-refractivity contribution >= 4 is 0 Å². The second kappa shape index (κ2) is 8.92. The molecule has 3 atom stereocenters. The molecular formula is C16H33NO. The fourth-order valence-electron chi connectivity index (χ4n) is 3.14. The summed E-state index contributed by atoms with van der Waals surface area (Å²) in [5.41, 5.74) is 0. The second-order valence-electron chi connectivity index (χ2n) is 6.27. The van der Waals surface area contributed by atoms with Crippen LogP contribution in [-0.4, -0.2) is 25.8 Å². The van der Waals surface area contributed by atoms with Gasteiger partial charge in [0.05, 0.1) is 0 Å². The van der Waals surface area contributed by atoms with Crippen molar-refractivity contribution in [1.29, 1.82) is 0 Å². The fourth-order valence-corrected chi connectivity index (χ4v) is 3.14. The van der Waals surface area contributed by atoms with Crippen molar-refractivity contribution in [1.82, 2.24) is 5.32 Å². The summed E-state index contributed by atoms with van der Waals surface area (Å²) in [6, 6.07) is 0.737. The largest absolute Gasteiger partial charge is 0.381 e. The Morgan fingerprint density at radius 1 is 1.22 bits per heavy atom. The van der Waals surface area contributed by atoms with Crippen molar-refractivity contribution in [2.45, 2.75) is 65.8 Å². The monoisotopic (exact) mass is 255 g/mol. The van der Waals surface area contributed by atoms with Gasteiger partial charge in [-0.1, -0.05) is 34.1 Å². The fraction of sp³-hybridized carbons (Fsp3) is 1.00. The van der Waals surface area contributed by atoms with Gasteiger partial charge in [0.1, 0.15) is 0 Å². The first-order valence-corrected chi connectivity index (χ1v) is 7.98. The van der Waals surface area contributed by atoms with E-state index >= 15 is 0 Å². The molecule has 1 aliphatic carbocycles. The van der Waals surface area contributed by atoms with E-state index in [0.29, 0.717) is 5.92 Å². The zero-order valence-electron chi connectivity index (χ0n) is 12.9. The highest BCUT2D eigenvalue weighted by molar-refractivity contribution is 4.84. The summed E-state index contributed by atoms with van der Waals surface area (Å²) in [6.07, 6.45) is 6.76. The number of ether oxygens (including phenoxy) is 1.